The van der Waals surface area contributed by atoms with Gasteiger partial charge in [-0.3, -0.25) is 5.84 Å². The average Bonchev–Trinajstić information content (AvgIpc) is 2.68. The summed E-state index contributed by atoms with van der Waals surface area (Å²) in [6.45, 7) is 2.73. The van der Waals surface area contributed by atoms with E-state index in [1.54, 1.807) is 12.5 Å². The molecule has 0 bridgehead atoms. The summed E-state index contributed by atoms with van der Waals surface area (Å²) in [4.78, 5) is 0. The van der Waals surface area contributed by atoms with Gasteiger partial charge in [0.05, 0.1) is 25.2 Å². The highest BCUT2D eigenvalue weighted by Crippen LogP contribution is 2.29. The summed E-state index contributed by atoms with van der Waals surface area (Å²) in [6.07, 6.45) is 5.54. The van der Waals surface area contributed by atoms with Gasteiger partial charge in [-0.05, 0) is 31.4 Å². The van der Waals surface area contributed by atoms with Crippen LogP contribution in [0.4, 0.5) is 0 Å². The Morgan fingerprint density at radius 1 is 1.53 bits per heavy atom. The summed E-state index contributed by atoms with van der Waals surface area (Å²) in [6, 6.07) is 1.94. The van der Waals surface area contributed by atoms with Crippen LogP contribution in [-0.4, -0.2) is 6.61 Å². The Balaban J connectivity index is 2.24. The standard InChI is InChI=1S/C11H16N2O2/c1-8-10(4-6-15-8)11(13-12)9-3-2-5-14-7-9/h4,6-7,11,13H,2-3,5,12H2,1H3. The number of hydrazine groups is 1. The number of hydrogen-bond donors (Lipinski definition) is 2. The van der Waals surface area contributed by atoms with Crippen LogP contribution < -0.4 is 11.3 Å². The summed E-state index contributed by atoms with van der Waals surface area (Å²) < 4.78 is 10.6. The Morgan fingerprint density at radius 3 is 2.93 bits per heavy atom. The highest BCUT2D eigenvalue weighted by molar-refractivity contribution is 5.29. The minimum absolute atomic E-state index is 0.00375. The van der Waals surface area contributed by atoms with Crippen molar-refractivity contribution in [2.24, 2.45) is 5.84 Å². The number of furan rings is 1. The van der Waals surface area contributed by atoms with Crippen LogP contribution in [0.2, 0.25) is 0 Å². The first-order chi connectivity index (χ1) is 7.33. The molecule has 1 aromatic heterocycles. The highest BCUT2D eigenvalue weighted by atomic mass is 16.5. The van der Waals surface area contributed by atoms with Crippen LogP contribution >= 0.6 is 0 Å². The Labute approximate surface area is 89.1 Å². The zero-order chi connectivity index (χ0) is 10.7. The van der Waals surface area contributed by atoms with Crippen LogP contribution in [-0.2, 0) is 4.74 Å². The van der Waals surface area contributed by atoms with Gasteiger partial charge in [0.15, 0.2) is 0 Å². The lowest BCUT2D eigenvalue weighted by molar-refractivity contribution is 0.219. The molecule has 1 aliphatic heterocycles. The molecule has 1 atom stereocenters. The minimum Gasteiger partial charge on any atom is -0.501 e. The third kappa shape index (κ3) is 2.06. The van der Waals surface area contributed by atoms with Gasteiger partial charge in [0, 0.05) is 5.56 Å². The molecule has 4 heteroatoms. The predicted octanol–water partition coefficient (Wildman–Crippen LogP) is 1.79. The Kier molecular flexibility index (Phi) is 3.08. The van der Waals surface area contributed by atoms with E-state index in [0.717, 1.165) is 30.8 Å². The number of ether oxygens (including phenoxy) is 1. The van der Waals surface area contributed by atoms with Crippen molar-refractivity contribution in [2.75, 3.05) is 6.61 Å². The van der Waals surface area contributed by atoms with Gasteiger partial charge >= 0.3 is 0 Å². The molecule has 2 heterocycles. The van der Waals surface area contributed by atoms with Crippen LogP contribution in [0.25, 0.3) is 0 Å². The zero-order valence-corrected chi connectivity index (χ0v) is 8.82. The number of hydrogen-bond acceptors (Lipinski definition) is 4. The molecule has 82 valence electrons. The summed E-state index contributed by atoms with van der Waals surface area (Å²) in [5, 5.41) is 0. The lowest BCUT2D eigenvalue weighted by Crippen LogP contribution is -2.30. The second-order valence-corrected chi connectivity index (χ2v) is 3.70. The first-order valence-electron chi connectivity index (χ1n) is 5.13. The van der Waals surface area contributed by atoms with Crippen molar-refractivity contribution in [3.05, 3.63) is 35.5 Å². The second-order valence-electron chi connectivity index (χ2n) is 3.70. The molecule has 0 radical (unpaired) electrons. The van der Waals surface area contributed by atoms with Crippen molar-refractivity contribution < 1.29 is 9.15 Å². The number of nitrogens with two attached hydrogens (primary N) is 1. The lowest BCUT2D eigenvalue weighted by Gasteiger charge is -2.22. The molecule has 0 aromatic carbocycles. The van der Waals surface area contributed by atoms with Gasteiger partial charge in [-0.25, -0.2) is 5.43 Å². The monoisotopic (exact) mass is 208 g/mol. The molecular formula is C11H16N2O2. The van der Waals surface area contributed by atoms with Gasteiger partial charge in [-0.15, -0.1) is 0 Å². The van der Waals surface area contributed by atoms with Gasteiger partial charge in [0.25, 0.3) is 0 Å². The fourth-order valence-electron chi connectivity index (χ4n) is 1.89. The average molecular weight is 208 g/mol. The van der Waals surface area contributed by atoms with E-state index in [4.69, 9.17) is 15.0 Å². The molecule has 4 nitrogen and oxygen atoms in total. The van der Waals surface area contributed by atoms with Gasteiger partial charge < -0.3 is 9.15 Å². The number of rotatable bonds is 3. The van der Waals surface area contributed by atoms with E-state index < -0.39 is 0 Å². The van der Waals surface area contributed by atoms with E-state index in [-0.39, 0.29) is 6.04 Å². The summed E-state index contributed by atoms with van der Waals surface area (Å²) in [5.74, 6) is 6.47. The van der Waals surface area contributed by atoms with E-state index in [1.165, 1.54) is 5.57 Å². The number of nitrogens with one attached hydrogen (secondary N) is 1. The maximum Gasteiger partial charge on any atom is 0.105 e. The molecule has 0 saturated carbocycles. The molecule has 1 unspecified atom stereocenters. The van der Waals surface area contributed by atoms with Crippen LogP contribution in [0.15, 0.2) is 28.6 Å². The normalized spacial score (nSPS) is 18.1. The van der Waals surface area contributed by atoms with Crippen LogP contribution in [0.3, 0.4) is 0 Å². The maximum atomic E-state index is 5.58. The molecule has 0 aliphatic carbocycles. The molecule has 1 aliphatic rings. The Hall–Kier alpha value is -1.26. The van der Waals surface area contributed by atoms with Crippen molar-refractivity contribution in [1.29, 1.82) is 0 Å². The minimum atomic E-state index is 0.00375. The molecular weight excluding hydrogens is 192 g/mol. The molecule has 2 rings (SSSR count). The molecule has 15 heavy (non-hydrogen) atoms. The largest absolute Gasteiger partial charge is 0.501 e. The summed E-state index contributed by atoms with van der Waals surface area (Å²) in [7, 11) is 0. The third-order valence-electron chi connectivity index (χ3n) is 2.71. The van der Waals surface area contributed by atoms with Crippen LogP contribution in [0.5, 0.6) is 0 Å². The number of aryl methyl sites for hydroxylation is 1. The highest BCUT2D eigenvalue weighted by Gasteiger charge is 2.20. The van der Waals surface area contributed by atoms with Gasteiger partial charge in [-0.2, -0.15) is 0 Å². The lowest BCUT2D eigenvalue weighted by atomic mass is 9.96. The third-order valence-corrected chi connectivity index (χ3v) is 2.71. The first kappa shape index (κ1) is 10.3. The van der Waals surface area contributed by atoms with Crippen molar-refractivity contribution in [3.63, 3.8) is 0 Å². The quantitative estimate of drug-likeness (QED) is 0.587. The van der Waals surface area contributed by atoms with E-state index in [0.29, 0.717) is 0 Å². The fourth-order valence-corrected chi connectivity index (χ4v) is 1.89. The van der Waals surface area contributed by atoms with Crippen LogP contribution in [0.1, 0.15) is 30.2 Å². The summed E-state index contributed by atoms with van der Waals surface area (Å²) >= 11 is 0. The molecule has 1 aromatic rings. The topological polar surface area (TPSA) is 60.4 Å². The fraction of sp³-hybridized carbons (Fsp3) is 0.455. The molecule has 0 fully saturated rings. The molecule has 0 spiro atoms. The predicted molar refractivity (Wildman–Crippen MR) is 56.8 cm³/mol. The first-order valence-corrected chi connectivity index (χ1v) is 5.13. The van der Waals surface area contributed by atoms with Gasteiger partial charge in [0.2, 0.25) is 0 Å². The smallest absolute Gasteiger partial charge is 0.105 e. The molecule has 3 N–H and O–H groups in total. The van der Waals surface area contributed by atoms with Gasteiger partial charge in [-0.1, -0.05) is 0 Å². The van der Waals surface area contributed by atoms with Crippen LogP contribution in [0, 0.1) is 6.92 Å². The Bertz CT molecular complexity index is 357. The molecule has 0 amide bonds. The van der Waals surface area contributed by atoms with E-state index in [9.17, 15) is 0 Å². The second kappa shape index (κ2) is 4.51. The van der Waals surface area contributed by atoms with Gasteiger partial charge in [0.1, 0.15) is 5.76 Å². The van der Waals surface area contributed by atoms with Crippen molar-refractivity contribution in [3.8, 4) is 0 Å². The van der Waals surface area contributed by atoms with Crippen molar-refractivity contribution >= 4 is 0 Å². The molecule has 0 saturated heterocycles. The zero-order valence-electron chi connectivity index (χ0n) is 8.82. The van der Waals surface area contributed by atoms with Crippen molar-refractivity contribution in [2.45, 2.75) is 25.8 Å². The Morgan fingerprint density at radius 2 is 2.40 bits per heavy atom. The van der Waals surface area contributed by atoms with E-state index in [2.05, 4.69) is 5.43 Å². The van der Waals surface area contributed by atoms with E-state index in [1.807, 2.05) is 13.0 Å². The SMILES string of the molecule is Cc1occc1C(NN)C1=COCCC1. The van der Waals surface area contributed by atoms with Crippen molar-refractivity contribution in [1.82, 2.24) is 5.43 Å². The van der Waals surface area contributed by atoms with E-state index >= 15 is 0 Å². The maximum absolute atomic E-state index is 5.58. The summed E-state index contributed by atoms with van der Waals surface area (Å²) in [5.41, 5.74) is 5.06.